The summed E-state index contributed by atoms with van der Waals surface area (Å²) < 4.78 is 13.2. The van der Waals surface area contributed by atoms with E-state index in [0.717, 1.165) is 0 Å². The molecule has 0 saturated carbocycles. The third-order valence-corrected chi connectivity index (χ3v) is 4.27. The highest BCUT2D eigenvalue weighted by molar-refractivity contribution is 6.05. The Morgan fingerprint density at radius 2 is 1.52 bits per heavy atom. The first kappa shape index (κ1) is 21.3. The van der Waals surface area contributed by atoms with Gasteiger partial charge >= 0.3 is 0 Å². The van der Waals surface area contributed by atoms with E-state index < -0.39 is 17.6 Å². The average molecular weight is 417 g/mol. The minimum absolute atomic E-state index is 0.00583. The molecule has 0 aliphatic heterocycles. The Kier molecular flexibility index (Phi) is 6.80. The Bertz CT molecular complexity index is 1130. The molecule has 0 heterocycles. The zero-order chi connectivity index (χ0) is 22.2. The molecule has 6 nitrogen and oxygen atoms in total. The van der Waals surface area contributed by atoms with E-state index in [9.17, 15) is 19.1 Å². The van der Waals surface area contributed by atoms with E-state index in [1.54, 1.807) is 48.5 Å². The number of carbonyl (C=O) groups excluding carboxylic acids is 2. The van der Waals surface area contributed by atoms with Gasteiger partial charge in [-0.2, -0.15) is 0 Å². The van der Waals surface area contributed by atoms with Gasteiger partial charge in [0, 0.05) is 11.1 Å². The van der Waals surface area contributed by atoms with Crippen LogP contribution in [0.15, 0.2) is 91.1 Å². The number of phenolic OH excluding ortho intramolecular Hbond substituents is 1. The second-order valence-electron chi connectivity index (χ2n) is 6.50. The first-order valence-corrected chi connectivity index (χ1v) is 9.31. The number of aromatic hydroxyl groups is 1. The van der Waals surface area contributed by atoms with Crippen LogP contribution < -0.4 is 16.2 Å². The highest BCUT2D eigenvalue weighted by Gasteiger charge is 2.15. The van der Waals surface area contributed by atoms with Crippen molar-refractivity contribution >= 4 is 23.6 Å². The molecule has 2 amide bonds. The van der Waals surface area contributed by atoms with E-state index >= 15 is 0 Å². The van der Waals surface area contributed by atoms with E-state index in [0.29, 0.717) is 16.7 Å². The van der Waals surface area contributed by atoms with Gasteiger partial charge in [0.05, 0.1) is 5.70 Å². The molecular weight excluding hydrogens is 397 g/mol. The summed E-state index contributed by atoms with van der Waals surface area (Å²) >= 11 is 0. The minimum Gasteiger partial charge on any atom is -0.507 e. The number of amides is 2. The summed E-state index contributed by atoms with van der Waals surface area (Å²) in [4.78, 5) is 25.3. The molecule has 4 N–H and O–H groups in total. The third kappa shape index (κ3) is 5.80. The fraction of sp³-hybridized carbons (Fsp3) is 0. The van der Waals surface area contributed by atoms with Gasteiger partial charge in [-0.3, -0.25) is 20.4 Å². The number of hydrogen-bond donors (Lipinski definition) is 4. The van der Waals surface area contributed by atoms with E-state index in [1.165, 1.54) is 36.4 Å². The molecule has 0 aromatic heterocycles. The Morgan fingerprint density at radius 3 is 2.19 bits per heavy atom. The molecule has 0 atom stereocenters. The van der Waals surface area contributed by atoms with Crippen molar-refractivity contribution in [2.24, 2.45) is 0 Å². The van der Waals surface area contributed by atoms with Crippen LogP contribution in [0.3, 0.4) is 0 Å². The molecule has 31 heavy (non-hydrogen) atoms. The smallest absolute Gasteiger partial charge is 0.286 e. The lowest BCUT2D eigenvalue weighted by Gasteiger charge is -2.15. The van der Waals surface area contributed by atoms with Gasteiger partial charge in [0.2, 0.25) is 0 Å². The minimum atomic E-state index is -0.662. The number of nitrogens with one attached hydrogen (secondary N) is 3. The molecular formula is C24H20FN3O3. The van der Waals surface area contributed by atoms with Gasteiger partial charge in [0.25, 0.3) is 11.8 Å². The number of rotatable bonds is 7. The topological polar surface area (TPSA) is 90.5 Å². The predicted molar refractivity (Wildman–Crippen MR) is 117 cm³/mol. The van der Waals surface area contributed by atoms with Crippen molar-refractivity contribution in [3.8, 4) is 5.75 Å². The second kappa shape index (κ2) is 9.89. The van der Waals surface area contributed by atoms with Gasteiger partial charge in [-0.25, -0.2) is 4.39 Å². The molecule has 0 saturated heterocycles. The monoisotopic (exact) mass is 417 g/mol. The van der Waals surface area contributed by atoms with Gasteiger partial charge in [-0.15, -0.1) is 0 Å². The molecule has 3 aromatic carbocycles. The van der Waals surface area contributed by atoms with Gasteiger partial charge in [-0.1, -0.05) is 49.0 Å². The first-order chi connectivity index (χ1) is 14.9. The fourth-order valence-corrected chi connectivity index (χ4v) is 2.66. The first-order valence-electron chi connectivity index (χ1n) is 9.31. The summed E-state index contributed by atoms with van der Waals surface area (Å²) in [7, 11) is 0. The van der Waals surface area contributed by atoms with Gasteiger partial charge in [0.15, 0.2) is 0 Å². The molecule has 0 radical (unpaired) electrons. The van der Waals surface area contributed by atoms with Gasteiger partial charge in [0.1, 0.15) is 17.3 Å². The number of hydrogen-bond acceptors (Lipinski definition) is 4. The van der Waals surface area contributed by atoms with Crippen molar-refractivity contribution in [3.05, 3.63) is 114 Å². The van der Waals surface area contributed by atoms with Crippen LogP contribution in [0.1, 0.15) is 21.5 Å². The Hall–Kier alpha value is -4.39. The molecule has 0 aliphatic carbocycles. The molecule has 3 rings (SSSR count). The fourth-order valence-electron chi connectivity index (χ4n) is 2.66. The number of phenols is 1. The van der Waals surface area contributed by atoms with E-state index in [-0.39, 0.29) is 17.1 Å². The third-order valence-electron chi connectivity index (χ3n) is 4.27. The van der Waals surface area contributed by atoms with Crippen LogP contribution in [0.25, 0.3) is 11.8 Å². The van der Waals surface area contributed by atoms with E-state index in [2.05, 4.69) is 22.7 Å². The SMILES string of the molecule is C=C(NNC(=O)C(=Cc1ccc(F)cc1)NC(=O)c1ccccc1)c1ccccc1O. The Labute approximate surface area is 178 Å². The van der Waals surface area contributed by atoms with E-state index in [1.807, 2.05) is 0 Å². The molecule has 0 bridgehead atoms. The van der Waals surface area contributed by atoms with Crippen LogP contribution in [0.2, 0.25) is 0 Å². The Balaban J connectivity index is 1.78. The predicted octanol–water partition coefficient (Wildman–Crippen LogP) is 3.59. The van der Waals surface area contributed by atoms with E-state index in [4.69, 9.17) is 0 Å². The summed E-state index contributed by atoms with van der Waals surface area (Å²) in [6.45, 7) is 3.78. The molecule has 0 spiro atoms. The Morgan fingerprint density at radius 1 is 0.871 bits per heavy atom. The molecule has 7 heteroatoms. The maximum absolute atomic E-state index is 13.2. The standard InChI is InChI=1S/C24H20FN3O3/c1-16(20-9-5-6-10-22(20)29)27-28-24(31)21(15-17-11-13-19(25)14-12-17)26-23(30)18-7-3-2-4-8-18/h2-15,27,29H,1H2,(H,26,30)(H,28,31). The summed E-state index contributed by atoms with van der Waals surface area (Å²) in [5.74, 6) is -1.57. The molecule has 0 aliphatic rings. The summed E-state index contributed by atoms with van der Waals surface area (Å²) in [6, 6.07) is 20.3. The zero-order valence-electron chi connectivity index (χ0n) is 16.4. The van der Waals surface area contributed by atoms with Crippen LogP contribution >= 0.6 is 0 Å². The maximum Gasteiger partial charge on any atom is 0.286 e. The lowest BCUT2D eigenvalue weighted by molar-refractivity contribution is -0.118. The molecule has 0 unspecified atom stereocenters. The van der Waals surface area contributed by atoms with Crippen molar-refractivity contribution < 1.29 is 19.1 Å². The highest BCUT2D eigenvalue weighted by atomic mass is 19.1. The number of hydrazine groups is 1. The van der Waals surface area contributed by atoms with Gasteiger partial charge < -0.3 is 10.4 Å². The normalized spacial score (nSPS) is 10.8. The lowest BCUT2D eigenvalue weighted by atomic mass is 10.1. The van der Waals surface area contributed by atoms with Crippen molar-refractivity contribution in [1.29, 1.82) is 0 Å². The average Bonchev–Trinajstić information content (AvgIpc) is 2.79. The van der Waals surface area contributed by atoms with Crippen LogP contribution in [0.5, 0.6) is 5.75 Å². The van der Waals surface area contributed by atoms with Crippen molar-refractivity contribution in [2.45, 2.75) is 0 Å². The van der Waals surface area contributed by atoms with Crippen molar-refractivity contribution in [2.75, 3.05) is 0 Å². The number of para-hydroxylation sites is 1. The van der Waals surface area contributed by atoms with Crippen LogP contribution in [-0.4, -0.2) is 16.9 Å². The summed E-state index contributed by atoms with van der Waals surface area (Å²) in [5, 5.41) is 12.5. The van der Waals surface area contributed by atoms with Crippen molar-refractivity contribution in [1.82, 2.24) is 16.2 Å². The largest absolute Gasteiger partial charge is 0.507 e. The molecule has 3 aromatic rings. The highest BCUT2D eigenvalue weighted by Crippen LogP contribution is 2.20. The van der Waals surface area contributed by atoms with Crippen molar-refractivity contribution in [3.63, 3.8) is 0 Å². The quantitative estimate of drug-likeness (QED) is 0.349. The maximum atomic E-state index is 13.2. The number of carbonyl (C=O) groups is 2. The molecule has 0 fully saturated rings. The van der Waals surface area contributed by atoms with Gasteiger partial charge in [-0.05, 0) is 48.0 Å². The lowest BCUT2D eigenvalue weighted by Crippen LogP contribution is -2.41. The number of halogens is 1. The van der Waals surface area contributed by atoms with Crippen LogP contribution in [0, 0.1) is 5.82 Å². The summed E-state index contributed by atoms with van der Waals surface area (Å²) in [6.07, 6.45) is 1.42. The number of benzene rings is 3. The molecule has 156 valence electrons. The van der Waals surface area contributed by atoms with Crippen LogP contribution in [-0.2, 0) is 4.79 Å². The second-order valence-corrected chi connectivity index (χ2v) is 6.50. The van der Waals surface area contributed by atoms with Crippen LogP contribution in [0.4, 0.5) is 4.39 Å². The zero-order valence-corrected chi connectivity index (χ0v) is 16.4. The summed E-state index contributed by atoms with van der Waals surface area (Å²) in [5.41, 5.74) is 6.53.